The highest BCUT2D eigenvalue weighted by Crippen LogP contribution is 2.55. The first kappa shape index (κ1) is 26.6. The van der Waals surface area contributed by atoms with Gasteiger partial charge < -0.3 is 14.5 Å². The molecule has 2 aliphatic carbocycles. The zero-order chi connectivity index (χ0) is 26.3. The average molecular weight is 507 g/mol. The Labute approximate surface area is 211 Å². The van der Waals surface area contributed by atoms with Crippen LogP contribution in [-0.2, 0) is 9.53 Å². The summed E-state index contributed by atoms with van der Waals surface area (Å²) in [6, 6.07) is 8.94. The SMILES string of the molecule is CC/C(=C\c1ccccc1)C1CC1N(C(=O)C(F)(F)F)C1CC2(CCN(C(=O)OC(C)(C)C)CC2)C1. The number of carbonyl (C=O) groups excluding carboxylic acids is 2. The first-order valence-electron chi connectivity index (χ1n) is 12.9. The van der Waals surface area contributed by atoms with Gasteiger partial charge >= 0.3 is 18.2 Å². The topological polar surface area (TPSA) is 49.9 Å². The largest absolute Gasteiger partial charge is 0.471 e. The molecule has 1 aliphatic heterocycles. The van der Waals surface area contributed by atoms with Crippen molar-refractivity contribution < 1.29 is 27.5 Å². The van der Waals surface area contributed by atoms with E-state index in [9.17, 15) is 22.8 Å². The van der Waals surface area contributed by atoms with E-state index in [0.29, 0.717) is 32.4 Å². The summed E-state index contributed by atoms with van der Waals surface area (Å²) >= 11 is 0. The van der Waals surface area contributed by atoms with E-state index < -0.39 is 29.8 Å². The maximum absolute atomic E-state index is 13.6. The van der Waals surface area contributed by atoms with Gasteiger partial charge in [0.1, 0.15) is 5.60 Å². The molecule has 2 atom stereocenters. The molecule has 198 valence electrons. The van der Waals surface area contributed by atoms with Crippen molar-refractivity contribution in [3.05, 3.63) is 41.5 Å². The molecular formula is C28H37F3N2O3. The number of likely N-dealkylation sites (tertiary alicyclic amines) is 1. The van der Waals surface area contributed by atoms with Crippen molar-refractivity contribution in [1.29, 1.82) is 0 Å². The highest BCUT2D eigenvalue weighted by molar-refractivity contribution is 5.83. The molecule has 1 spiro atoms. The molecule has 2 amide bonds. The quantitative estimate of drug-likeness (QED) is 0.462. The third-order valence-electron chi connectivity index (χ3n) is 7.83. The summed E-state index contributed by atoms with van der Waals surface area (Å²) in [6.07, 6.45) is 0.691. The number of carbonyl (C=O) groups is 2. The van der Waals surface area contributed by atoms with Crippen LogP contribution in [0.4, 0.5) is 18.0 Å². The van der Waals surface area contributed by atoms with Gasteiger partial charge in [-0.1, -0.05) is 48.9 Å². The summed E-state index contributed by atoms with van der Waals surface area (Å²) in [5.41, 5.74) is 1.43. The molecule has 2 saturated carbocycles. The van der Waals surface area contributed by atoms with Gasteiger partial charge in [-0.3, -0.25) is 4.79 Å². The molecule has 0 bridgehead atoms. The lowest BCUT2D eigenvalue weighted by atomic mass is 9.60. The highest BCUT2D eigenvalue weighted by Gasteiger charge is 2.59. The van der Waals surface area contributed by atoms with Gasteiger partial charge in [0, 0.05) is 31.1 Å². The van der Waals surface area contributed by atoms with Crippen LogP contribution >= 0.6 is 0 Å². The molecule has 5 nitrogen and oxygen atoms in total. The van der Waals surface area contributed by atoms with Gasteiger partial charge in [0.05, 0.1) is 0 Å². The average Bonchev–Trinajstić information content (AvgIpc) is 3.56. The van der Waals surface area contributed by atoms with E-state index in [1.165, 1.54) is 0 Å². The molecule has 0 N–H and O–H groups in total. The second-order valence-corrected chi connectivity index (χ2v) is 11.6. The lowest BCUT2D eigenvalue weighted by Crippen LogP contribution is -2.59. The van der Waals surface area contributed by atoms with Gasteiger partial charge in [-0.15, -0.1) is 0 Å². The number of hydrogen-bond acceptors (Lipinski definition) is 3. The van der Waals surface area contributed by atoms with Crippen molar-refractivity contribution in [1.82, 2.24) is 9.80 Å². The normalized spacial score (nSPS) is 24.3. The van der Waals surface area contributed by atoms with E-state index in [-0.39, 0.29) is 17.4 Å². The van der Waals surface area contributed by atoms with Gasteiger partial charge in [0.25, 0.3) is 0 Å². The molecule has 8 heteroatoms. The summed E-state index contributed by atoms with van der Waals surface area (Å²) in [7, 11) is 0. The summed E-state index contributed by atoms with van der Waals surface area (Å²) < 4.78 is 46.3. The van der Waals surface area contributed by atoms with Crippen LogP contribution in [0.1, 0.15) is 71.8 Å². The summed E-state index contributed by atoms with van der Waals surface area (Å²) in [5.74, 6) is -1.75. The number of piperidine rings is 1. The predicted octanol–water partition coefficient (Wildman–Crippen LogP) is 6.44. The van der Waals surface area contributed by atoms with Crippen LogP contribution < -0.4 is 0 Å². The monoisotopic (exact) mass is 506 g/mol. The Bertz CT molecular complexity index is 984. The summed E-state index contributed by atoms with van der Waals surface area (Å²) in [6.45, 7) is 8.54. The number of benzene rings is 1. The number of alkyl halides is 3. The molecular weight excluding hydrogens is 469 g/mol. The van der Waals surface area contributed by atoms with E-state index in [0.717, 1.165) is 35.3 Å². The number of hydrogen-bond donors (Lipinski definition) is 0. The second-order valence-electron chi connectivity index (χ2n) is 11.6. The van der Waals surface area contributed by atoms with E-state index in [1.807, 2.05) is 58.0 Å². The molecule has 1 aromatic rings. The summed E-state index contributed by atoms with van der Waals surface area (Å²) in [4.78, 5) is 27.8. The van der Waals surface area contributed by atoms with Crippen LogP contribution in [0.15, 0.2) is 35.9 Å². The van der Waals surface area contributed by atoms with E-state index in [1.54, 1.807) is 4.90 Å². The fourth-order valence-electron chi connectivity index (χ4n) is 5.89. The molecule has 36 heavy (non-hydrogen) atoms. The van der Waals surface area contributed by atoms with Crippen molar-refractivity contribution in [2.24, 2.45) is 11.3 Å². The Kier molecular flexibility index (Phi) is 7.19. The van der Waals surface area contributed by atoms with Crippen LogP contribution in [0, 0.1) is 11.3 Å². The highest BCUT2D eigenvalue weighted by atomic mass is 19.4. The first-order chi connectivity index (χ1) is 16.8. The van der Waals surface area contributed by atoms with Crippen LogP contribution in [0.5, 0.6) is 0 Å². The minimum Gasteiger partial charge on any atom is -0.444 e. The molecule has 4 rings (SSSR count). The number of nitrogens with zero attached hydrogens (tertiary/aromatic N) is 2. The number of amides is 2. The summed E-state index contributed by atoms with van der Waals surface area (Å²) in [5, 5.41) is 0. The molecule has 1 saturated heterocycles. The van der Waals surface area contributed by atoms with Gasteiger partial charge in [-0.25, -0.2) is 4.79 Å². The minimum absolute atomic E-state index is 0.0351. The van der Waals surface area contributed by atoms with Crippen molar-refractivity contribution in [2.45, 2.75) is 90.1 Å². The number of halogens is 3. The fraction of sp³-hybridized carbons (Fsp3) is 0.643. The van der Waals surface area contributed by atoms with Crippen molar-refractivity contribution >= 4 is 18.1 Å². The first-order valence-corrected chi connectivity index (χ1v) is 12.9. The maximum atomic E-state index is 13.6. The third-order valence-corrected chi connectivity index (χ3v) is 7.83. The zero-order valence-electron chi connectivity index (χ0n) is 21.6. The number of rotatable bonds is 5. The van der Waals surface area contributed by atoms with E-state index in [4.69, 9.17) is 4.74 Å². The number of ether oxygens (including phenoxy) is 1. The molecule has 0 radical (unpaired) electrons. The fourth-order valence-corrected chi connectivity index (χ4v) is 5.89. The van der Waals surface area contributed by atoms with Crippen LogP contribution in [-0.4, -0.2) is 58.8 Å². The van der Waals surface area contributed by atoms with E-state index >= 15 is 0 Å². The maximum Gasteiger partial charge on any atom is 0.471 e. The zero-order valence-corrected chi connectivity index (χ0v) is 21.6. The Balaban J connectivity index is 1.41. The van der Waals surface area contributed by atoms with Crippen LogP contribution in [0.25, 0.3) is 6.08 Å². The molecule has 1 heterocycles. The second kappa shape index (κ2) is 9.75. The van der Waals surface area contributed by atoms with Crippen molar-refractivity contribution in [2.75, 3.05) is 13.1 Å². The smallest absolute Gasteiger partial charge is 0.444 e. The van der Waals surface area contributed by atoms with Gasteiger partial charge in [0.15, 0.2) is 0 Å². The molecule has 1 aromatic carbocycles. The molecule has 3 fully saturated rings. The van der Waals surface area contributed by atoms with Gasteiger partial charge in [0.2, 0.25) is 0 Å². The standard InChI is InChI=1S/C28H37F3N2O3/c1-5-20(15-19-9-7-6-8-10-19)22-16-23(22)33(24(34)28(29,30)31)21-17-27(18-21)11-13-32(14-12-27)25(35)36-26(2,3)4/h6-10,15,21-23H,5,11-14,16-18H2,1-4H3/b20-15+. The Morgan fingerprint density at radius 3 is 2.25 bits per heavy atom. The van der Waals surface area contributed by atoms with Crippen molar-refractivity contribution in [3.8, 4) is 0 Å². The Morgan fingerprint density at radius 2 is 1.72 bits per heavy atom. The van der Waals surface area contributed by atoms with Crippen LogP contribution in [0.2, 0.25) is 0 Å². The van der Waals surface area contributed by atoms with Crippen molar-refractivity contribution in [3.63, 3.8) is 0 Å². The van der Waals surface area contributed by atoms with Gasteiger partial charge in [-0.2, -0.15) is 13.2 Å². The molecule has 2 unspecified atom stereocenters. The van der Waals surface area contributed by atoms with Crippen LogP contribution in [0.3, 0.4) is 0 Å². The Morgan fingerprint density at radius 1 is 1.11 bits per heavy atom. The minimum atomic E-state index is -4.88. The van der Waals surface area contributed by atoms with E-state index in [2.05, 4.69) is 6.08 Å². The lowest BCUT2D eigenvalue weighted by molar-refractivity contribution is -0.194. The molecule has 0 aromatic heterocycles. The lowest BCUT2D eigenvalue weighted by Gasteiger charge is -2.55. The van der Waals surface area contributed by atoms with Gasteiger partial charge in [-0.05, 0) is 70.3 Å². The molecule has 3 aliphatic rings. The third kappa shape index (κ3) is 5.89. The predicted molar refractivity (Wildman–Crippen MR) is 132 cm³/mol. The Hall–Kier alpha value is -2.51.